The molecule has 0 fully saturated rings. The Balaban J connectivity index is 2.80. The van der Waals surface area contributed by atoms with E-state index in [2.05, 4.69) is 0 Å². The van der Waals surface area contributed by atoms with Crippen LogP contribution in [0.4, 0.5) is 0 Å². The van der Waals surface area contributed by atoms with E-state index in [9.17, 15) is 14.7 Å². The minimum absolute atomic E-state index is 0.0572. The number of aliphatic hydroxyl groups excluding tert-OH is 1. The Hall–Kier alpha value is -1.59. The second-order valence-corrected chi connectivity index (χ2v) is 4.69. The Morgan fingerprint density at radius 3 is 2.37 bits per heavy atom. The van der Waals surface area contributed by atoms with Crippen LogP contribution in [0.3, 0.4) is 0 Å². The van der Waals surface area contributed by atoms with Crippen molar-refractivity contribution in [1.82, 2.24) is 4.90 Å². The molecule has 1 unspecified atom stereocenters. The van der Waals surface area contributed by atoms with Crippen molar-refractivity contribution in [3.63, 3.8) is 0 Å². The van der Waals surface area contributed by atoms with Crippen LogP contribution >= 0.6 is 11.6 Å². The van der Waals surface area contributed by atoms with Crippen molar-refractivity contribution in [1.29, 1.82) is 0 Å². The standard InChI is InChI=1S/C13H16ClNO4/c1-9(16)8-15(7-6-12(17)18)13(19)10-2-4-11(14)5-3-10/h2-5,9,16H,6-8H2,1H3,(H,17,18). The van der Waals surface area contributed by atoms with E-state index < -0.39 is 12.1 Å². The Bertz CT molecular complexity index is 444. The van der Waals surface area contributed by atoms with Crippen LogP contribution in [0.5, 0.6) is 0 Å². The summed E-state index contributed by atoms with van der Waals surface area (Å²) in [4.78, 5) is 24.1. The molecule has 1 atom stereocenters. The summed E-state index contributed by atoms with van der Waals surface area (Å²) >= 11 is 5.74. The number of hydrogen-bond acceptors (Lipinski definition) is 3. The number of carboxylic acid groups (broad SMARTS) is 1. The first kappa shape index (κ1) is 15.5. The maximum Gasteiger partial charge on any atom is 0.305 e. The molecule has 0 radical (unpaired) electrons. The lowest BCUT2D eigenvalue weighted by Crippen LogP contribution is -2.38. The zero-order valence-corrected chi connectivity index (χ0v) is 11.3. The maximum absolute atomic E-state index is 12.2. The van der Waals surface area contributed by atoms with Crippen molar-refractivity contribution >= 4 is 23.5 Å². The third-order valence-corrected chi connectivity index (χ3v) is 2.71. The molecule has 0 aliphatic heterocycles. The lowest BCUT2D eigenvalue weighted by Gasteiger charge is -2.23. The van der Waals surface area contributed by atoms with Crippen molar-refractivity contribution < 1.29 is 19.8 Å². The van der Waals surface area contributed by atoms with Gasteiger partial charge in [-0.1, -0.05) is 11.6 Å². The first-order valence-corrected chi connectivity index (χ1v) is 6.22. The molecule has 1 rings (SSSR count). The Morgan fingerprint density at radius 1 is 1.32 bits per heavy atom. The molecule has 0 aliphatic rings. The highest BCUT2D eigenvalue weighted by Crippen LogP contribution is 2.12. The van der Waals surface area contributed by atoms with Crippen molar-refractivity contribution in [2.45, 2.75) is 19.4 Å². The normalized spacial score (nSPS) is 11.9. The molecule has 0 aliphatic carbocycles. The third kappa shape index (κ3) is 5.28. The van der Waals surface area contributed by atoms with E-state index in [1.807, 2.05) is 0 Å². The van der Waals surface area contributed by atoms with Gasteiger partial charge in [0, 0.05) is 23.7 Å². The molecule has 1 aromatic rings. The first-order chi connectivity index (χ1) is 8.90. The van der Waals surface area contributed by atoms with Gasteiger partial charge in [-0.3, -0.25) is 9.59 Å². The van der Waals surface area contributed by atoms with Crippen LogP contribution in [0, 0.1) is 0 Å². The van der Waals surface area contributed by atoms with Gasteiger partial charge in [0.25, 0.3) is 5.91 Å². The fraction of sp³-hybridized carbons (Fsp3) is 0.385. The van der Waals surface area contributed by atoms with Gasteiger partial charge in [0.15, 0.2) is 0 Å². The van der Waals surface area contributed by atoms with E-state index in [0.29, 0.717) is 10.6 Å². The summed E-state index contributed by atoms with van der Waals surface area (Å²) in [7, 11) is 0. The van der Waals surface area contributed by atoms with Gasteiger partial charge in [-0.15, -0.1) is 0 Å². The van der Waals surface area contributed by atoms with Crippen LogP contribution in [-0.2, 0) is 4.79 Å². The molecule has 6 heteroatoms. The summed E-state index contributed by atoms with van der Waals surface area (Å²) < 4.78 is 0. The maximum atomic E-state index is 12.2. The van der Waals surface area contributed by atoms with Gasteiger partial charge in [0.05, 0.1) is 12.5 Å². The van der Waals surface area contributed by atoms with Crippen LogP contribution in [0.2, 0.25) is 5.02 Å². The SMILES string of the molecule is CC(O)CN(CCC(=O)O)C(=O)c1ccc(Cl)cc1. The quantitative estimate of drug-likeness (QED) is 0.833. The molecule has 5 nitrogen and oxygen atoms in total. The molecule has 0 bridgehead atoms. The number of halogens is 1. The van der Waals surface area contributed by atoms with E-state index >= 15 is 0 Å². The predicted octanol–water partition coefficient (Wildman–Crippen LogP) is 1.64. The molecule has 0 spiro atoms. The predicted molar refractivity (Wildman–Crippen MR) is 71.3 cm³/mol. The number of carbonyl (C=O) groups excluding carboxylic acids is 1. The molecule has 1 aromatic carbocycles. The smallest absolute Gasteiger partial charge is 0.305 e. The number of benzene rings is 1. The summed E-state index contributed by atoms with van der Waals surface area (Å²) in [6.45, 7) is 1.69. The molecular weight excluding hydrogens is 270 g/mol. The average molecular weight is 286 g/mol. The number of nitrogens with zero attached hydrogens (tertiary/aromatic N) is 1. The number of rotatable bonds is 6. The number of aliphatic carboxylic acids is 1. The van der Waals surface area contributed by atoms with Crippen molar-refractivity contribution in [2.24, 2.45) is 0 Å². The number of amides is 1. The zero-order chi connectivity index (χ0) is 14.4. The summed E-state index contributed by atoms with van der Waals surface area (Å²) in [5, 5.41) is 18.6. The summed E-state index contributed by atoms with van der Waals surface area (Å²) in [5.41, 5.74) is 0.412. The van der Waals surface area contributed by atoms with Crippen molar-refractivity contribution in [3.8, 4) is 0 Å². The van der Waals surface area contributed by atoms with E-state index in [4.69, 9.17) is 16.7 Å². The van der Waals surface area contributed by atoms with Crippen LogP contribution in [0.25, 0.3) is 0 Å². The van der Waals surface area contributed by atoms with E-state index in [1.54, 1.807) is 31.2 Å². The Morgan fingerprint density at radius 2 is 1.89 bits per heavy atom. The average Bonchev–Trinajstić information content (AvgIpc) is 2.34. The Kier molecular flexibility index (Phi) is 5.79. The lowest BCUT2D eigenvalue weighted by molar-refractivity contribution is -0.137. The lowest BCUT2D eigenvalue weighted by atomic mass is 10.2. The number of carbonyl (C=O) groups is 2. The molecule has 1 amide bonds. The highest BCUT2D eigenvalue weighted by molar-refractivity contribution is 6.30. The summed E-state index contributed by atoms with van der Waals surface area (Å²) in [6, 6.07) is 6.32. The van der Waals surface area contributed by atoms with Crippen LogP contribution in [0.15, 0.2) is 24.3 Å². The van der Waals surface area contributed by atoms with Gasteiger partial charge in [0.1, 0.15) is 0 Å². The van der Waals surface area contributed by atoms with Gasteiger partial charge in [-0.2, -0.15) is 0 Å². The van der Waals surface area contributed by atoms with Gasteiger partial charge >= 0.3 is 5.97 Å². The fourth-order valence-corrected chi connectivity index (χ4v) is 1.73. The topological polar surface area (TPSA) is 77.8 Å². The molecule has 0 saturated heterocycles. The molecule has 0 aromatic heterocycles. The molecule has 0 saturated carbocycles. The van der Waals surface area contributed by atoms with Crippen LogP contribution in [-0.4, -0.2) is 46.2 Å². The number of hydrogen-bond donors (Lipinski definition) is 2. The molecular formula is C13H16ClNO4. The number of aliphatic hydroxyl groups is 1. The summed E-state index contributed by atoms with van der Waals surface area (Å²) in [6.07, 6.45) is -0.878. The summed E-state index contributed by atoms with van der Waals surface area (Å²) in [5.74, 6) is -1.31. The minimum Gasteiger partial charge on any atom is -0.481 e. The third-order valence-electron chi connectivity index (χ3n) is 2.46. The van der Waals surface area contributed by atoms with E-state index in [0.717, 1.165) is 0 Å². The van der Waals surface area contributed by atoms with Gasteiger partial charge in [-0.25, -0.2) is 0 Å². The second kappa shape index (κ2) is 7.11. The van der Waals surface area contributed by atoms with E-state index in [1.165, 1.54) is 4.90 Å². The largest absolute Gasteiger partial charge is 0.481 e. The fourth-order valence-electron chi connectivity index (χ4n) is 1.60. The van der Waals surface area contributed by atoms with Gasteiger partial charge in [0.2, 0.25) is 0 Å². The Labute approximate surface area is 116 Å². The van der Waals surface area contributed by atoms with Crippen LogP contribution in [0.1, 0.15) is 23.7 Å². The van der Waals surface area contributed by atoms with Gasteiger partial charge < -0.3 is 15.1 Å². The molecule has 0 heterocycles. The number of carboxylic acids is 1. The first-order valence-electron chi connectivity index (χ1n) is 5.85. The van der Waals surface area contributed by atoms with E-state index in [-0.39, 0.29) is 25.4 Å². The zero-order valence-electron chi connectivity index (χ0n) is 10.5. The van der Waals surface area contributed by atoms with Crippen LogP contribution < -0.4 is 0 Å². The van der Waals surface area contributed by atoms with Gasteiger partial charge in [-0.05, 0) is 31.2 Å². The minimum atomic E-state index is -0.987. The second-order valence-electron chi connectivity index (χ2n) is 4.25. The highest BCUT2D eigenvalue weighted by atomic mass is 35.5. The molecule has 2 N–H and O–H groups in total. The van der Waals surface area contributed by atoms with Crippen molar-refractivity contribution in [2.75, 3.05) is 13.1 Å². The molecule has 19 heavy (non-hydrogen) atoms. The highest BCUT2D eigenvalue weighted by Gasteiger charge is 2.18. The monoisotopic (exact) mass is 285 g/mol. The van der Waals surface area contributed by atoms with Crippen molar-refractivity contribution in [3.05, 3.63) is 34.9 Å². The molecule has 104 valence electrons.